The lowest BCUT2D eigenvalue weighted by Crippen LogP contribution is -2.47. The zero-order valence-electron chi connectivity index (χ0n) is 15.9. The van der Waals surface area contributed by atoms with Gasteiger partial charge in [0, 0.05) is 23.9 Å². The van der Waals surface area contributed by atoms with Gasteiger partial charge in [-0.3, -0.25) is 9.59 Å². The Balaban J connectivity index is 1.34. The van der Waals surface area contributed by atoms with E-state index in [-0.39, 0.29) is 23.9 Å². The van der Waals surface area contributed by atoms with E-state index in [1.165, 1.54) is 4.90 Å². The number of aliphatic carboxylic acids is 1. The molecule has 1 aromatic carbocycles. The van der Waals surface area contributed by atoms with E-state index in [0.717, 1.165) is 6.42 Å². The summed E-state index contributed by atoms with van der Waals surface area (Å²) in [5.74, 6) is -0.798. The average molecular weight is 395 g/mol. The monoisotopic (exact) mass is 395 g/mol. The van der Waals surface area contributed by atoms with Crippen molar-refractivity contribution in [2.75, 3.05) is 6.54 Å². The molecule has 0 radical (unpaired) electrons. The third kappa shape index (κ3) is 3.78. The molecule has 2 aliphatic rings. The number of likely N-dealkylation sites (tertiary alicyclic amines) is 1. The van der Waals surface area contributed by atoms with E-state index in [9.17, 15) is 19.5 Å². The fourth-order valence-corrected chi connectivity index (χ4v) is 3.90. The van der Waals surface area contributed by atoms with E-state index < -0.39 is 17.9 Å². The standard InChI is InChI=1S/C21H21N3O5/c1-21-10-15(20(27)28)24(16(21)11-21)18(25)12-23-19(26)13-5-7-14(8-6-13)29-17-4-2-3-9-22-17/h2-9,15-16H,10-12H2,1H3,(H,23,26)(H,27,28)/t15-,16-,21+/m0/s1. The van der Waals surface area contributed by atoms with Gasteiger partial charge in [0.15, 0.2) is 0 Å². The van der Waals surface area contributed by atoms with Crippen molar-refractivity contribution in [2.45, 2.75) is 31.8 Å². The van der Waals surface area contributed by atoms with Crippen molar-refractivity contribution in [3.05, 3.63) is 54.2 Å². The number of carbonyl (C=O) groups is 3. The minimum atomic E-state index is -0.999. The highest BCUT2D eigenvalue weighted by molar-refractivity contribution is 5.97. The maximum Gasteiger partial charge on any atom is 0.326 e. The van der Waals surface area contributed by atoms with E-state index in [0.29, 0.717) is 23.6 Å². The van der Waals surface area contributed by atoms with Gasteiger partial charge in [-0.2, -0.15) is 0 Å². The number of nitrogens with zero attached hydrogens (tertiary/aromatic N) is 2. The highest BCUT2D eigenvalue weighted by Gasteiger charge is 2.64. The van der Waals surface area contributed by atoms with E-state index in [1.54, 1.807) is 48.7 Å². The van der Waals surface area contributed by atoms with Crippen molar-refractivity contribution in [3.63, 3.8) is 0 Å². The maximum atomic E-state index is 12.6. The van der Waals surface area contributed by atoms with Crippen molar-refractivity contribution >= 4 is 17.8 Å². The molecule has 150 valence electrons. The van der Waals surface area contributed by atoms with Crippen molar-refractivity contribution in [1.29, 1.82) is 0 Å². The van der Waals surface area contributed by atoms with E-state index in [4.69, 9.17) is 4.74 Å². The van der Waals surface area contributed by atoms with Gasteiger partial charge in [-0.15, -0.1) is 0 Å². The number of benzene rings is 1. The van der Waals surface area contributed by atoms with Crippen LogP contribution >= 0.6 is 0 Å². The molecule has 1 aliphatic carbocycles. The van der Waals surface area contributed by atoms with Crippen molar-refractivity contribution < 1.29 is 24.2 Å². The van der Waals surface area contributed by atoms with E-state index >= 15 is 0 Å². The number of pyridine rings is 1. The van der Waals surface area contributed by atoms with Gasteiger partial charge in [-0.1, -0.05) is 13.0 Å². The van der Waals surface area contributed by atoms with Gasteiger partial charge in [-0.25, -0.2) is 9.78 Å². The maximum absolute atomic E-state index is 12.6. The van der Waals surface area contributed by atoms with E-state index in [2.05, 4.69) is 10.3 Å². The molecule has 2 fully saturated rings. The van der Waals surface area contributed by atoms with Crippen LogP contribution in [0.3, 0.4) is 0 Å². The Morgan fingerprint density at radius 3 is 2.62 bits per heavy atom. The quantitative estimate of drug-likeness (QED) is 0.775. The zero-order chi connectivity index (χ0) is 20.6. The Hall–Kier alpha value is -3.42. The molecule has 29 heavy (non-hydrogen) atoms. The third-order valence-corrected chi connectivity index (χ3v) is 5.59. The van der Waals surface area contributed by atoms with Crippen LogP contribution in [0.2, 0.25) is 0 Å². The zero-order valence-corrected chi connectivity index (χ0v) is 15.9. The third-order valence-electron chi connectivity index (χ3n) is 5.59. The second-order valence-corrected chi connectivity index (χ2v) is 7.71. The number of ether oxygens (including phenoxy) is 1. The molecule has 2 aromatic rings. The normalized spacial score (nSPS) is 24.5. The largest absolute Gasteiger partial charge is 0.480 e. The van der Waals surface area contributed by atoms with Crippen LogP contribution in [0.25, 0.3) is 0 Å². The molecule has 4 rings (SSSR count). The molecule has 1 saturated heterocycles. The summed E-state index contributed by atoms with van der Waals surface area (Å²) in [4.78, 5) is 41.8. The predicted molar refractivity (Wildman–Crippen MR) is 102 cm³/mol. The molecule has 1 saturated carbocycles. The van der Waals surface area contributed by atoms with Gasteiger partial charge in [0.25, 0.3) is 5.91 Å². The molecule has 3 atom stereocenters. The summed E-state index contributed by atoms with van der Waals surface area (Å²) in [7, 11) is 0. The van der Waals surface area contributed by atoms with Crippen LogP contribution in [-0.4, -0.2) is 51.4 Å². The number of hydrogen-bond donors (Lipinski definition) is 2. The van der Waals surface area contributed by atoms with Crippen molar-refractivity contribution in [3.8, 4) is 11.6 Å². The Morgan fingerprint density at radius 1 is 1.21 bits per heavy atom. The number of piperidine rings is 1. The summed E-state index contributed by atoms with van der Waals surface area (Å²) in [6, 6.07) is 10.9. The lowest BCUT2D eigenvalue weighted by molar-refractivity contribution is -0.149. The minimum absolute atomic E-state index is 0.0453. The minimum Gasteiger partial charge on any atom is -0.480 e. The lowest BCUT2D eigenvalue weighted by atomic mass is 10.0. The Labute approximate surface area is 167 Å². The SMILES string of the molecule is C[C@@]12C[C@@H]1N(C(=O)CNC(=O)c1ccc(Oc3ccccn3)cc1)[C@H](C(=O)O)C2. The molecule has 8 heteroatoms. The Bertz CT molecular complexity index is 947. The van der Waals surface area contributed by atoms with Crippen LogP contribution in [0.15, 0.2) is 48.7 Å². The molecule has 1 aromatic heterocycles. The van der Waals surface area contributed by atoms with Crippen LogP contribution in [0.4, 0.5) is 0 Å². The van der Waals surface area contributed by atoms with Gasteiger partial charge in [-0.05, 0) is 48.6 Å². The highest BCUT2D eigenvalue weighted by atomic mass is 16.5. The average Bonchev–Trinajstić information content (AvgIpc) is 3.27. The molecular formula is C21H21N3O5. The summed E-state index contributed by atoms with van der Waals surface area (Å²) >= 11 is 0. The molecule has 1 aliphatic heterocycles. The Kier molecular flexibility index (Phi) is 4.70. The first-order valence-electron chi connectivity index (χ1n) is 9.38. The predicted octanol–water partition coefficient (Wildman–Crippen LogP) is 2.07. The first-order valence-corrected chi connectivity index (χ1v) is 9.38. The summed E-state index contributed by atoms with van der Waals surface area (Å²) < 4.78 is 5.58. The smallest absolute Gasteiger partial charge is 0.326 e. The fourth-order valence-electron chi connectivity index (χ4n) is 3.90. The molecule has 0 spiro atoms. The van der Waals surface area contributed by atoms with Crippen LogP contribution < -0.4 is 10.1 Å². The van der Waals surface area contributed by atoms with Crippen LogP contribution in [-0.2, 0) is 9.59 Å². The summed E-state index contributed by atoms with van der Waals surface area (Å²) in [6.07, 6.45) is 2.90. The number of rotatable bonds is 6. The first kappa shape index (κ1) is 18.9. The van der Waals surface area contributed by atoms with Gasteiger partial charge >= 0.3 is 5.97 Å². The van der Waals surface area contributed by atoms with Gasteiger partial charge in [0.05, 0.1) is 6.54 Å². The molecule has 0 unspecified atom stereocenters. The van der Waals surface area contributed by atoms with Gasteiger partial charge < -0.3 is 20.1 Å². The Morgan fingerprint density at radius 2 is 1.97 bits per heavy atom. The summed E-state index contributed by atoms with van der Waals surface area (Å²) in [6.45, 7) is 1.76. The van der Waals surface area contributed by atoms with Crippen LogP contribution in [0.5, 0.6) is 11.6 Å². The van der Waals surface area contributed by atoms with Gasteiger partial charge in [0.1, 0.15) is 11.8 Å². The molecule has 8 nitrogen and oxygen atoms in total. The van der Waals surface area contributed by atoms with Crippen molar-refractivity contribution in [2.24, 2.45) is 5.41 Å². The second-order valence-electron chi connectivity index (χ2n) is 7.71. The number of fused-ring (bicyclic) bond motifs is 1. The lowest BCUT2D eigenvalue weighted by Gasteiger charge is -2.24. The van der Waals surface area contributed by atoms with E-state index in [1.807, 2.05) is 6.92 Å². The number of nitrogens with one attached hydrogen (secondary N) is 1. The number of hydrogen-bond acceptors (Lipinski definition) is 5. The van der Waals surface area contributed by atoms with Crippen LogP contribution in [0.1, 0.15) is 30.1 Å². The topological polar surface area (TPSA) is 109 Å². The number of carbonyl (C=O) groups excluding carboxylic acids is 2. The second kappa shape index (κ2) is 7.20. The molecule has 0 bridgehead atoms. The number of carboxylic acids is 1. The number of carboxylic acid groups (broad SMARTS) is 1. The molecule has 2 heterocycles. The summed E-state index contributed by atoms with van der Waals surface area (Å²) in [5, 5.41) is 12.0. The van der Waals surface area contributed by atoms with Gasteiger partial charge in [0.2, 0.25) is 11.8 Å². The van der Waals surface area contributed by atoms with Crippen molar-refractivity contribution in [1.82, 2.24) is 15.2 Å². The number of aromatic nitrogens is 1. The fraction of sp³-hybridized carbons (Fsp3) is 0.333. The first-order chi connectivity index (χ1) is 13.9. The number of amides is 2. The molecule has 2 amide bonds. The summed E-state index contributed by atoms with van der Waals surface area (Å²) in [5.41, 5.74) is 0.269. The van der Waals surface area contributed by atoms with Crippen LogP contribution in [0, 0.1) is 5.41 Å². The highest BCUT2D eigenvalue weighted by Crippen LogP contribution is 2.59. The molecule has 2 N–H and O–H groups in total. The molecular weight excluding hydrogens is 374 g/mol.